The van der Waals surface area contributed by atoms with Crippen LogP contribution >= 0.6 is 11.6 Å². The molecule has 1 aliphatic heterocycles. The van der Waals surface area contributed by atoms with Crippen molar-refractivity contribution in [3.63, 3.8) is 0 Å². The second kappa shape index (κ2) is 15.6. The third-order valence-corrected chi connectivity index (χ3v) is 8.35. The van der Waals surface area contributed by atoms with Crippen LogP contribution in [0.1, 0.15) is 68.6 Å². The van der Waals surface area contributed by atoms with Gasteiger partial charge in [0, 0.05) is 23.9 Å². The number of rotatable bonds is 12. The minimum atomic E-state index is -1.01. The molecule has 0 bridgehead atoms. The predicted octanol–water partition coefficient (Wildman–Crippen LogP) is 4.87. The van der Waals surface area contributed by atoms with Gasteiger partial charge >= 0.3 is 12.1 Å². The molecular formula is C32H40ClN3O6. The lowest BCUT2D eigenvalue weighted by Crippen LogP contribution is -2.53. The van der Waals surface area contributed by atoms with E-state index in [4.69, 9.17) is 21.1 Å². The van der Waals surface area contributed by atoms with Crippen LogP contribution in [0.5, 0.6) is 0 Å². The molecule has 1 heterocycles. The van der Waals surface area contributed by atoms with Crippen LogP contribution < -0.4 is 16.0 Å². The predicted molar refractivity (Wildman–Crippen MR) is 159 cm³/mol. The van der Waals surface area contributed by atoms with Crippen LogP contribution in [0.2, 0.25) is 5.02 Å². The van der Waals surface area contributed by atoms with E-state index < -0.39 is 42.1 Å². The summed E-state index contributed by atoms with van der Waals surface area (Å²) in [6.45, 7) is 0.529. The molecule has 4 atom stereocenters. The first-order valence-electron chi connectivity index (χ1n) is 14.7. The summed E-state index contributed by atoms with van der Waals surface area (Å²) in [4.78, 5) is 51.7. The molecular weight excluding hydrogens is 558 g/mol. The summed E-state index contributed by atoms with van der Waals surface area (Å²) in [6.07, 6.45) is 5.38. The van der Waals surface area contributed by atoms with Gasteiger partial charge in [-0.1, -0.05) is 86.2 Å². The van der Waals surface area contributed by atoms with Crippen molar-refractivity contribution in [1.29, 1.82) is 0 Å². The van der Waals surface area contributed by atoms with Gasteiger partial charge < -0.3 is 25.4 Å². The van der Waals surface area contributed by atoms with Crippen LogP contribution in [0, 0.1) is 11.8 Å². The molecule has 1 saturated carbocycles. The molecule has 2 aromatic carbocycles. The number of alkyl carbamates (subject to hydrolysis) is 1. The maximum absolute atomic E-state index is 13.6. The van der Waals surface area contributed by atoms with Gasteiger partial charge in [-0.25, -0.2) is 9.59 Å². The standard InChI is InChI=1S/C32H40ClN3O6/c1-41-31(39)27(20-24-15-16-34-29(24)37)35-30(38)26(18-21-9-4-2-5-10-21)36-32(40)42-28(23-12-6-3-7-13-23)19-22-11-8-14-25(33)17-22/h3,6-8,11-14,17,21,24,26-28H,2,4-5,9-10,15-16,18-20H2,1H3,(H,34,37)(H,35,38)(H,36,40)/t24-,26-,27-,28?/m0/s1. The number of halogens is 1. The van der Waals surface area contributed by atoms with Crippen molar-refractivity contribution >= 4 is 35.5 Å². The van der Waals surface area contributed by atoms with E-state index in [0.29, 0.717) is 30.8 Å². The lowest BCUT2D eigenvalue weighted by atomic mass is 9.84. The molecule has 2 fully saturated rings. The molecule has 2 aromatic rings. The Bertz CT molecular complexity index is 1220. The van der Waals surface area contributed by atoms with Gasteiger partial charge in [-0.15, -0.1) is 0 Å². The normalized spacial score (nSPS) is 19.2. The van der Waals surface area contributed by atoms with Gasteiger partial charge in [0.2, 0.25) is 11.8 Å². The van der Waals surface area contributed by atoms with Crippen LogP contribution in [0.4, 0.5) is 4.79 Å². The highest BCUT2D eigenvalue weighted by Crippen LogP contribution is 2.28. The van der Waals surface area contributed by atoms with Gasteiger partial charge in [-0.2, -0.15) is 0 Å². The van der Waals surface area contributed by atoms with Gasteiger partial charge in [0.1, 0.15) is 18.2 Å². The summed E-state index contributed by atoms with van der Waals surface area (Å²) < 4.78 is 10.9. The molecule has 0 spiro atoms. The Labute approximate surface area is 252 Å². The molecule has 0 aromatic heterocycles. The van der Waals surface area contributed by atoms with Crippen LogP contribution in [-0.4, -0.2) is 49.6 Å². The Morgan fingerprint density at radius 2 is 1.71 bits per heavy atom. The largest absolute Gasteiger partial charge is 0.467 e. The average molecular weight is 598 g/mol. The molecule has 4 rings (SSSR count). The molecule has 0 radical (unpaired) electrons. The van der Waals surface area contributed by atoms with E-state index in [0.717, 1.165) is 43.2 Å². The number of nitrogens with one attached hydrogen (secondary N) is 3. The van der Waals surface area contributed by atoms with E-state index in [-0.39, 0.29) is 18.2 Å². The van der Waals surface area contributed by atoms with Crippen molar-refractivity contribution in [3.8, 4) is 0 Å². The number of carbonyl (C=O) groups is 4. The van der Waals surface area contributed by atoms with Gasteiger partial charge in [-0.3, -0.25) is 9.59 Å². The SMILES string of the molecule is COC(=O)[C@H](C[C@@H]1CCNC1=O)NC(=O)[C@H](CC1CCCCC1)NC(=O)OC(Cc1cccc(Cl)c1)c1ccccc1. The van der Waals surface area contributed by atoms with Crippen LogP contribution in [0.15, 0.2) is 54.6 Å². The zero-order valence-corrected chi connectivity index (χ0v) is 24.7. The Morgan fingerprint density at radius 3 is 2.38 bits per heavy atom. The topological polar surface area (TPSA) is 123 Å². The highest BCUT2D eigenvalue weighted by Gasteiger charge is 2.35. The zero-order chi connectivity index (χ0) is 29.9. The van der Waals surface area contributed by atoms with Crippen LogP contribution in [-0.2, 0) is 30.3 Å². The lowest BCUT2D eigenvalue weighted by molar-refractivity contribution is -0.146. The quantitative estimate of drug-likeness (QED) is 0.300. The first-order valence-corrected chi connectivity index (χ1v) is 15.1. The fraction of sp³-hybridized carbons (Fsp3) is 0.500. The van der Waals surface area contributed by atoms with E-state index in [1.54, 1.807) is 6.07 Å². The molecule has 1 unspecified atom stereocenters. The first-order chi connectivity index (χ1) is 20.3. The van der Waals surface area contributed by atoms with E-state index in [2.05, 4.69) is 16.0 Å². The monoisotopic (exact) mass is 597 g/mol. The molecule has 3 amide bonds. The molecule has 10 heteroatoms. The second-order valence-electron chi connectivity index (χ2n) is 11.2. The van der Waals surface area contributed by atoms with Crippen molar-refractivity contribution in [2.45, 2.75) is 76.0 Å². The Kier molecular flexibility index (Phi) is 11.6. The molecule has 9 nitrogen and oxygen atoms in total. The summed E-state index contributed by atoms with van der Waals surface area (Å²) in [6, 6.07) is 14.8. The average Bonchev–Trinajstić information content (AvgIpc) is 3.40. The van der Waals surface area contributed by atoms with E-state index in [1.807, 2.05) is 48.5 Å². The van der Waals surface area contributed by atoms with Crippen molar-refractivity contribution in [3.05, 3.63) is 70.7 Å². The minimum Gasteiger partial charge on any atom is -0.467 e. The van der Waals surface area contributed by atoms with Gasteiger partial charge in [-0.05, 0) is 48.4 Å². The summed E-state index contributed by atoms with van der Waals surface area (Å²) in [5.41, 5.74) is 1.71. The Balaban J connectivity index is 1.49. The molecule has 1 saturated heterocycles. The number of ether oxygens (including phenoxy) is 2. The van der Waals surface area contributed by atoms with Crippen molar-refractivity contribution in [1.82, 2.24) is 16.0 Å². The summed E-state index contributed by atoms with van der Waals surface area (Å²) in [5.74, 6) is -1.43. The molecule has 42 heavy (non-hydrogen) atoms. The van der Waals surface area contributed by atoms with Crippen molar-refractivity contribution in [2.24, 2.45) is 11.8 Å². The zero-order valence-electron chi connectivity index (χ0n) is 24.0. The van der Waals surface area contributed by atoms with Crippen LogP contribution in [0.25, 0.3) is 0 Å². The maximum atomic E-state index is 13.6. The van der Waals surface area contributed by atoms with Crippen LogP contribution in [0.3, 0.4) is 0 Å². The van der Waals surface area contributed by atoms with E-state index in [1.165, 1.54) is 7.11 Å². The second-order valence-corrected chi connectivity index (χ2v) is 11.6. The molecule has 226 valence electrons. The number of methoxy groups -OCH3 is 1. The Morgan fingerprint density at radius 1 is 0.952 bits per heavy atom. The van der Waals surface area contributed by atoms with Crippen molar-refractivity contribution in [2.75, 3.05) is 13.7 Å². The highest BCUT2D eigenvalue weighted by molar-refractivity contribution is 6.30. The maximum Gasteiger partial charge on any atom is 0.408 e. The van der Waals surface area contributed by atoms with E-state index >= 15 is 0 Å². The summed E-state index contributed by atoms with van der Waals surface area (Å²) in [7, 11) is 1.25. The van der Waals surface area contributed by atoms with E-state index in [9.17, 15) is 19.2 Å². The third-order valence-electron chi connectivity index (χ3n) is 8.12. The number of hydrogen-bond donors (Lipinski definition) is 3. The highest BCUT2D eigenvalue weighted by atomic mass is 35.5. The Hall–Kier alpha value is -3.59. The lowest BCUT2D eigenvalue weighted by Gasteiger charge is -2.28. The number of hydrogen-bond acceptors (Lipinski definition) is 6. The number of amides is 3. The number of benzene rings is 2. The molecule has 1 aliphatic carbocycles. The third kappa shape index (κ3) is 9.21. The number of esters is 1. The summed E-state index contributed by atoms with van der Waals surface area (Å²) >= 11 is 6.19. The number of carbonyl (C=O) groups excluding carboxylic acids is 4. The fourth-order valence-corrected chi connectivity index (χ4v) is 6.06. The van der Waals surface area contributed by atoms with Gasteiger partial charge in [0.05, 0.1) is 7.11 Å². The fourth-order valence-electron chi connectivity index (χ4n) is 5.85. The minimum absolute atomic E-state index is 0.126. The first kappa shape index (κ1) is 31.3. The molecule has 3 N–H and O–H groups in total. The molecule has 2 aliphatic rings. The van der Waals surface area contributed by atoms with Crippen molar-refractivity contribution < 1.29 is 28.7 Å². The summed E-state index contributed by atoms with van der Waals surface area (Å²) in [5, 5.41) is 8.90. The van der Waals surface area contributed by atoms with Gasteiger partial charge in [0.25, 0.3) is 0 Å². The smallest absolute Gasteiger partial charge is 0.408 e. The van der Waals surface area contributed by atoms with Gasteiger partial charge in [0.15, 0.2) is 0 Å².